The number of benzene rings is 1. The molecule has 1 fully saturated rings. The van der Waals surface area contributed by atoms with E-state index in [1.807, 2.05) is 12.1 Å². The van der Waals surface area contributed by atoms with Gasteiger partial charge >= 0.3 is 0 Å². The molecule has 18 heavy (non-hydrogen) atoms. The molecule has 1 aliphatic carbocycles. The summed E-state index contributed by atoms with van der Waals surface area (Å²) in [4.78, 5) is 0. The number of hydrogen-bond donors (Lipinski definition) is 1. The van der Waals surface area contributed by atoms with Gasteiger partial charge in [-0.3, -0.25) is 0 Å². The second-order valence-electron chi connectivity index (χ2n) is 5.13. The van der Waals surface area contributed by atoms with E-state index in [4.69, 9.17) is 4.42 Å². The molecule has 0 saturated heterocycles. The summed E-state index contributed by atoms with van der Waals surface area (Å²) in [7, 11) is 0. The van der Waals surface area contributed by atoms with Gasteiger partial charge in [-0.25, -0.2) is 0 Å². The van der Waals surface area contributed by atoms with Crippen LogP contribution in [-0.4, -0.2) is 0 Å². The Bertz CT molecular complexity index is 473. The maximum absolute atomic E-state index is 5.47. The maximum atomic E-state index is 5.47. The first-order chi connectivity index (χ1) is 8.84. The van der Waals surface area contributed by atoms with Gasteiger partial charge in [0.1, 0.15) is 5.76 Å². The van der Waals surface area contributed by atoms with E-state index in [1.165, 1.54) is 18.4 Å². The fraction of sp³-hybridized carbons (Fsp3) is 0.375. The summed E-state index contributed by atoms with van der Waals surface area (Å²) < 4.78 is 5.47. The van der Waals surface area contributed by atoms with Gasteiger partial charge < -0.3 is 9.73 Å². The minimum Gasteiger partial charge on any atom is -0.468 e. The molecule has 0 amide bonds. The van der Waals surface area contributed by atoms with Crippen LogP contribution in [0.15, 0.2) is 53.1 Å². The number of nitrogens with one attached hydrogen (secondary N) is 1. The average Bonchev–Trinajstić information content (AvgIpc) is 3.10. The molecule has 2 heteroatoms. The Morgan fingerprint density at radius 1 is 1.11 bits per heavy atom. The lowest BCUT2D eigenvalue weighted by Gasteiger charge is -2.22. The van der Waals surface area contributed by atoms with Crippen LogP contribution in [0.5, 0.6) is 0 Å². The smallest absolute Gasteiger partial charge is 0.120 e. The lowest BCUT2D eigenvalue weighted by atomic mass is 10.0. The lowest BCUT2D eigenvalue weighted by Crippen LogP contribution is -2.25. The van der Waals surface area contributed by atoms with Gasteiger partial charge in [0.2, 0.25) is 0 Å². The fourth-order valence-corrected chi connectivity index (χ4v) is 2.48. The normalized spacial score (nSPS) is 18.5. The van der Waals surface area contributed by atoms with E-state index < -0.39 is 0 Å². The van der Waals surface area contributed by atoms with Gasteiger partial charge in [-0.2, -0.15) is 0 Å². The zero-order chi connectivity index (χ0) is 12.4. The molecule has 1 saturated carbocycles. The Morgan fingerprint density at radius 3 is 2.50 bits per heavy atom. The van der Waals surface area contributed by atoms with Crippen LogP contribution in [0.1, 0.15) is 43.2 Å². The molecule has 0 radical (unpaired) electrons. The molecule has 1 aromatic heterocycles. The first-order valence-corrected chi connectivity index (χ1v) is 6.69. The van der Waals surface area contributed by atoms with Crippen LogP contribution >= 0.6 is 0 Å². The minimum absolute atomic E-state index is 0.255. The van der Waals surface area contributed by atoms with Crippen molar-refractivity contribution in [2.75, 3.05) is 0 Å². The highest BCUT2D eigenvalue weighted by Crippen LogP contribution is 2.42. The van der Waals surface area contributed by atoms with Crippen LogP contribution in [0.2, 0.25) is 0 Å². The molecule has 0 aliphatic heterocycles. The van der Waals surface area contributed by atoms with E-state index in [1.54, 1.807) is 6.26 Å². The predicted octanol–water partition coefficient (Wildman–Crippen LogP) is 4.08. The Labute approximate surface area is 108 Å². The standard InChI is InChI=1S/C16H19NO/c1-12(15-8-5-11-18-15)17-16(14-9-10-14)13-6-3-2-4-7-13/h2-8,11-12,14,16-17H,9-10H2,1H3/t12-,16?/m1/s1. The Balaban J connectivity index is 1.75. The molecule has 94 valence electrons. The Kier molecular flexibility index (Phi) is 3.20. The van der Waals surface area contributed by atoms with Crippen LogP contribution in [0.3, 0.4) is 0 Å². The van der Waals surface area contributed by atoms with Gasteiger partial charge in [0.25, 0.3) is 0 Å². The highest BCUT2D eigenvalue weighted by atomic mass is 16.3. The van der Waals surface area contributed by atoms with Crippen LogP contribution in [0.25, 0.3) is 0 Å². The van der Waals surface area contributed by atoms with Gasteiger partial charge in [-0.1, -0.05) is 30.3 Å². The van der Waals surface area contributed by atoms with Crippen molar-refractivity contribution in [1.82, 2.24) is 5.32 Å². The molecule has 2 aromatic rings. The summed E-state index contributed by atoms with van der Waals surface area (Å²) in [6.45, 7) is 2.16. The van der Waals surface area contributed by atoms with Crippen LogP contribution in [0.4, 0.5) is 0 Å². The van der Waals surface area contributed by atoms with E-state index in [-0.39, 0.29) is 6.04 Å². The summed E-state index contributed by atoms with van der Waals surface area (Å²) in [6, 6.07) is 15.4. The Hall–Kier alpha value is -1.54. The molecule has 1 unspecified atom stereocenters. The number of hydrogen-bond acceptors (Lipinski definition) is 2. The minimum atomic E-state index is 0.255. The summed E-state index contributed by atoms with van der Waals surface area (Å²) in [5.41, 5.74) is 1.39. The molecule has 2 atom stereocenters. The summed E-state index contributed by atoms with van der Waals surface area (Å²) >= 11 is 0. The van der Waals surface area contributed by atoms with Gasteiger partial charge in [0.15, 0.2) is 0 Å². The summed E-state index contributed by atoms with van der Waals surface area (Å²) in [5, 5.41) is 3.70. The van der Waals surface area contributed by atoms with E-state index in [0.29, 0.717) is 6.04 Å². The predicted molar refractivity (Wildman–Crippen MR) is 72.2 cm³/mol. The number of rotatable bonds is 5. The van der Waals surface area contributed by atoms with Crippen molar-refractivity contribution in [3.8, 4) is 0 Å². The van der Waals surface area contributed by atoms with Crippen LogP contribution in [-0.2, 0) is 0 Å². The Morgan fingerprint density at radius 2 is 1.89 bits per heavy atom. The molecule has 0 spiro atoms. The molecular formula is C16H19NO. The maximum Gasteiger partial charge on any atom is 0.120 e. The molecule has 1 N–H and O–H groups in total. The van der Waals surface area contributed by atoms with Crippen molar-refractivity contribution in [3.63, 3.8) is 0 Å². The van der Waals surface area contributed by atoms with Crippen molar-refractivity contribution in [2.24, 2.45) is 5.92 Å². The molecule has 1 aromatic carbocycles. The molecule has 1 aliphatic rings. The first kappa shape index (κ1) is 11.5. The summed E-state index contributed by atoms with van der Waals surface area (Å²) in [6.07, 6.45) is 4.40. The first-order valence-electron chi connectivity index (χ1n) is 6.69. The molecular weight excluding hydrogens is 222 g/mol. The van der Waals surface area contributed by atoms with E-state index >= 15 is 0 Å². The molecule has 1 heterocycles. The highest BCUT2D eigenvalue weighted by molar-refractivity contribution is 5.21. The average molecular weight is 241 g/mol. The van der Waals surface area contributed by atoms with Crippen LogP contribution < -0.4 is 5.32 Å². The third-order valence-electron chi connectivity index (χ3n) is 3.65. The molecule has 3 rings (SSSR count). The topological polar surface area (TPSA) is 25.2 Å². The van der Waals surface area contributed by atoms with Gasteiger partial charge in [0, 0.05) is 6.04 Å². The van der Waals surface area contributed by atoms with Gasteiger partial charge in [0.05, 0.1) is 12.3 Å². The van der Waals surface area contributed by atoms with Crippen molar-refractivity contribution < 1.29 is 4.42 Å². The third-order valence-corrected chi connectivity index (χ3v) is 3.65. The summed E-state index contributed by atoms with van der Waals surface area (Å²) in [5.74, 6) is 1.79. The van der Waals surface area contributed by atoms with Crippen molar-refractivity contribution in [3.05, 3.63) is 60.1 Å². The van der Waals surface area contributed by atoms with E-state index in [9.17, 15) is 0 Å². The zero-order valence-electron chi connectivity index (χ0n) is 10.7. The van der Waals surface area contributed by atoms with Gasteiger partial charge in [-0.05, 0) is 43.4 Å². The molecule has 0 bridgehead atoms. The van der Waals surface area contributed by atoms with E-state index in [0.717, 1.165) is 11.7 Å². The fourth-order valence-electron chi connectivity index (χ4n) is 2.48. The number of furan rings is 1. The van der Waals surface area contributed by atoms with Crippen molar-refractivity contribution >= 4 is 0 Å². The highest BCUT2D eigenvalue weighted by Gasteiger charge is 2.33. The van der Waals surface area contributed by atoms with E-state index in [2.05, 4.69) is 42.6 Å². The quantitative estimate of drug-likeness (QED) is 0.853. The van der Waals surface area contributed by atoms with Crippen molar-refractivity contribution in [1.29, 1.82) is 0 Å². The second kappa shape index (κ2) is 4.99. The van der Waals surface area contributed by atoms with Crippen molar-refractivity contribution in [2.45, 2.75) is 31.8 Å². The zero-order valence-corrected chi connectivity index (χ0v) is 10.7. The van der Waals surface area contributed by atoms with Gasteiger partial charge in [-0.15, -0.1) is 0 Å². The molecule has 2 nitrogen and oxygen atoms in total. The third kappa shape index (κ3) is 2.49. The monoisotopic (exact) mass is 241 g/mol. The lowest BCUT2D eigenvalue weighted by molar-refractivity contribution is 0.372. The van der Waals surface area contributed by atoms with Crippen LogP contribution in [0, 0.1) is 5.92 Å². The second-order valence-corrected chi connectivity index (χ2v) is 5.13. The largest absolute Gasteiger partial charge is 0.468 e. The SMILES string of the molecule is C[C@@H](NC(c1ccccc1)C1CC1)c1ccco1.